The molecule has 0 aliphatic carbocycles. The molecule has 2 aromatic carbocycles. The largest absolute Gasteiger partial charge is 0.493 e. The summed E-state index contributed by atoms with van der Waals surface area (Å²) in [5.74, 6) is 1.27. The second-order valence-corrected chi connectivity index (χ2v) is 6.21. The van der Waals surface area contributed by atoms with Gasteiger partial charge in [-0.2, -0.15) is 0 Å². The summed E-state index contributed by atoms with van der Waals surface area (Å²) in [6.07, 6.45) is 1.92. The Labute approximate surface area is 176 Å². The van der Waals surface area contributed by atoms with E-state index in [0.717, 1.165) is 12.8 Å². The normalized spacial score (nSPS) is 10.0. The molecule has 1 amide bonds. The molecule has 0 aliphatic rings. The lowest BCUT2D eigenvalue weighted by molar-refractivity contribution is 0.102. The first kappa shape index (κ1) is 23.9. The Morgan fingerprint density at radius 3 is 2.46 bits per heavy atom. The summed E-state index contributed by atoms with van der Waals surface area (Å²) >= 11 is 6.30. The zero-order valence-electron chi connectivity index (χ0n) is 16.0. The molecule has 0 fully saturated rings. The van der Waals surface area contributed by atoms with Crippen LogP contribution in [0, 0.1) is 0 Å². The summed E-state index contributed by atoms with van der Waals surface area (Å²) in [5.41, 5.74) is 6.42. The molecule has 0 bridgehead atoms. The van der Waals surface area contributed by atoms with Gasteiger partial charge in [-0.15, -0.1) is 12.4 Å². The van der Waals surface area contributed by atoms with E-state index in [0.29, 0.717) is 53.3 Å². The molecule has 28 heavy (non-hydrogen) atoms. The molecule has 154 valence electrons. The number of nitrogens with two attached hydrogens (primary N) is 1. The predicted molar refractivity (Wildman–Crippen MR) is 115 cm³/mol. The highest BCUT2D eigenvalue weighted by Crippen LogP contribution is 2.36. The maximum Gasteiger partial charge on any atom is 0.255 e. The minimum absolute atomic E-state index is 0. The zero-order valence-corrected chi connectivity index (χ0v) is 17.6. The van der Waals surface area contributed by atoms with Crippen molar-refractivity contribution >= 4 is 35.6 Å². The second kappa shape index (κ2) is 12.3. The maximum atomic E-state index is 12.5. The molecule has 3 N–H and O–H groups in total. The molecule has 0 saturated carbocycles. The van der Waals surface area contributed by atoms with Crippen molar-refractivity contribution in [1.29, 1.82) is 0 Å². The monoisotopic (exact) mass is 428 g/mol. The number of carbonyl (C=O) groups excluding carboxylic acids is 1. The van der Waals surface area contributed by atoms with Crippen molar-refractivity contribution in [2.45, 2.75) is 19.8 Å². The number of benzene rings is 2. The highest BCUT2D eigenvalue weighted by molar-refractivity contribution is 6.32. The number of ether oxygens (including phenoxy) is 3. The molecule has 0 saturated heterocycles. The van der Waals surface area contributed by atoms with Crippen LogP contribution in [-0.4, -0.2) is 32.8 Å². The van der Waals surface area contributed by atoms with Crippen LogP contribution in [0.5, 0.6) is 17.2 Å². The van der Waals surface area contributed by atoms with Crippen molar-refractivity contribution < 1.29 is 19.0 Å². The van der Waals surface area contributed by atoms with Gasteiger partial charge < -0.3 is 25.3 Å². The van der Waals surface area contributed by atoms with Crippen molar-refractivity contribution in [1.82, 2.24) is 0 Å². The number of methoxy groups -OCH3 is 1. The average molecular weight is 429 g/mol. The Morgan fingerprint density at radius 2 is 1.86 bits per heavy atom. The van der Waals surface area contributed by atoms with Crippen molar-refractivity contribution in [2.75, 3.05) is 32.2 Å². The van der Waals surface area contributed by atoms with E-state index < -0.39 is 0 Å². The standard InChI is InChI=1S/C20H25ClN2O4.ClH/c1-3-4-10-27-19-17(21)12-14(13-18(19)25-2)20(24)23-15-5-7-16(8-6-15)26-11-9-22;/h5-8,12-13H,3-4,9-11,22H2,1-2H3,(H,23,24);1H. The minimum atomic E-state index is -0.300. The van der Waals surface area contributed by atoms with Gasteiger partial charge in [0.15, 0.2) is 11.5 Å². The Kier molecular flexibility index (Phi) is 10.5. The number of amides is 1. The van der Waals surface area contributed by atoms with Gasteiger partial charge in [0.1, 0.15) is 12.4 Å². The van der Waals surface area contributed by atoms with Crippen LogP contribution in [0.4, 0.5) is 5.69 Å². The number of hydrogen-bond acceptors (Lipinski definition) is 5. The smallest absolute Gasteiger partial charge is 0.255 e. The fraction of sp³-hybridized carbons (Fsp3) is 0.350. The molecular formula is C20H26Cl2N2O4. The molecule has 0 spiro atoms. The third kappa shape index (κ3) is 6.78. The molecule has 2 aromatic rings. The first-order valence-corrected chi connectivity index (χ1v) is 9.21. The fourth-order valence-corrected chi connectivity index (χ4v) is 2.59. The Morgan fingerprint density at radius 1 is 1.14 bits per heavy atom. The lowest BCUT2D eigenvalue weighted by Gasteiger charge is -2.14. The molecule has 6 nitrogen and oxygen atoms in total. The third-order valence-corrected chi connectivity index (χ3v) is 4.02. The second-order valence-electron chi connectivity index (χ2n) is 5.81. The number of unbranched alkanes of at least 4 members (excludes halogenated alkanes) is 1. The summed E-state index contributed by atoms with van der Waals surface area (Å²) in [4.78, 5) is 12.5. The number of halogens is 2. The lowest BCUT2D eigenvalue weighted by Crippen LogP contribution is -2.13. The van der Waals surface area contributed by atoms with Crippen molar-refractivity contribution in [3.8, 4) is 17.2 Å². The molecule has 0 unspecified atom stereocenters. The van der Waals surface area contributed by atoms with Crippen LogP contribution in [0.2, 0.25) is 5.02 Å². The van der Waals surface area contributed by atoms with Gasteiger partial charge in [0.2, 0.25) is 0 Å². The van der Waals surface area contributed by atoms with Crippen LogP contribution >= 0.6 is 24.0 Å². The highest BCUT2D eigenvalue weighted by Gasteiger charge is 2.16. The van der Waals surface area contributed by atoms with E-state index in [1.54, 1.807) is 36.4 Å². The first-order chi connectivity index (χ1) is 13.1. The number of rotatable bonds is 10. The zero-order chi connectivity index (χ0) is 19.6. The lowest BCUT2D eigenvalue weighted by atomic mass is 10.1. The van der Waals surface area contributed by atoms with Crippen LogP contribution in [0.25, 0.3) is 0 Å². The molecule has 0 aliphatic heterocycles. The van der Waals surface area contributed by atoms with Crippen molar-refractivity contribution in [3.05, 3.63) is 47.0 Å². The van der Waals surface area contributed by atoms with E-state index in [-0.39, 0.29) is 18.3 Å². The summed E-state index contributed by atoms with van der Waals surface area (Å²) in [6.45, 7) is 3.50. The van der Waals surface area contributed by atoms with E-state index in [2.05, 4.69) is 12.2 Å². The van der Waals surface area contributed by atoms with E-state index in [1.165, 1.54) is 7.11 Å². The Balaban J connectivity index is 0.00000392. The SMILES string of the molecule is CCCCOc1c(Cl)cc(C(=O)Nc2ccc(OCCN)cc2)cc1OC.Cl. The van der Waals surface area contributed by atoms with Gasteiger partial charge in [0.25, 0.3) is 5.91 Å². The third-order valence-electron chi connectivity index (χ3n) is 3.73. The number of anilines is 1. The molecular weight excluding hydrogens is 403 g/mol. The fourth-order valence-electron chi connectivity index (χ4n) is 2.32. The molecule has 8 heteroatoms. The molecule has 0 atom stereocenters. The summed E-state index contributed by atoms with van der Waals surface area (Å²) in [6, 6.07) is 10.2. The van der Waals surface area contributed by atoms with E-state index >= 15 is 0 Å². The maximum absolute atomic E-state index is 12.5. The van der Waals surface area contributed by atoms with Gasteiger partial charge in [0, 0.05) is 17.8 Å². The van der Waals surface area contributed by atoms with Gasteiger partial charge in [-0.1, -0.05) is 24.9 Å². The minimum Gasteiger partial charge on any atom is -0.493 e. The quantitative estimate of drug-likeness (QED) is 0.542. The first-order valence-electron chi connectivity index (χ1n) is 8.83. The van der Waals surface area contributed by atoms with E-state index in [1.807, 2.05) is 0 Å². The van der Waals surface area contributed by atoms with E-state index in [4.69, 9.17) is 31.5 Å². The van der Waals surface area contributed by atoms with Gasteiger partial charge in [-0.25, -0.2) is 0 Å². The number of hydrogen-bond donors (Lipinski definition) is 2. The van der Waals surface area contributed by atoms with Crippen molar-refractivity contribution in [3.63, 3.8) is 0 Å². The average Bonchev–Trinajstić information content (AvgIpc) is 2.68. The van der Waals surface area contributed by atoms with Gasteiger partial charge in [0.05, 0.1) is 18.7 Å². The topological polar surface area (TPSA) is 82.8 Å². The molecule has 0 radical (unpaired) electrons. The van der Waals surface area contributed by atoms with Gasteiger partial charge in [-0.3, -0.25) is 4.79 Å². The van der Waals surface area contributed by atoms with Crippen LogP contribution in [0.15, 0.2) is 36.4 Å². The Hall–Kier alpha value is -2.15. The molecule has 0 aromatic heterocycles. The van der Waals surface area contributed by atoms with E-state index in [9.17, 15) is 4.79 Å². The van der Waals surface area contributed by atoms with Crippen LogP contribution in [0.3, 0.4) is 0 Å². The van der Waals surface area contributed by atoms with Gasteiger partial charge >= 0.3 is 0 Å². The highest BCUT2D eigenvalue weighted by atomic mass is 35.5. The molecule has 0 heterocycles. The van der Waals surface area contributed by atoms with Crippen LogP contribution in [0.1, 0.15) is 30.1 Å². The Bertz CT molecular complexity index is 755. The number of nitrogens with one attached hydrogen (secondary N) is 1. The summed E-state index contributed by atoms with van der Waals surface area (Å²) in [5, 5.41) is 3.15. The molecule has 2 rings (SSSR count). The number of carbonyl (C=O) groups is 1. The predicted octanol–water partition coefficient (Wildman–Crippen LogP) is 4.54. The van der Waals surface area contributed by atoms with Crippen LogP contribution < -0.4 is 25.3 Å². The van der Waals surface area contributed by atoms with Crippen LogP contribution in [-0.2, 0) is 0 Å². The van der Waals surface area contributed by atoms with Gasteiger partial charge in [-0.05, 0) is 42.8 Å². The summed E-state index contributed by atoms with van der Waals surface area (Å²) in [7, 11) is 1.51. The summed E-state index contributed by atoms with van der Waals surface area (Å²) < 4.78 is 16.4. The van der Waals surface area contributed by atoms with Crippen molar-refractivity contribution in [2.24, 2.45) is 5.73 Å².